The van der Waals surface area contributed by atoms with Crippen molar-refractivity contribution in [2.45, 2.75) is 5.03 Å². The van der Waals surface area contributed by atoms with Crippen molar-refractivity contribution in [3.8, 4) is 5.75 Å². The quantitative estimate of drug-likeness (QED) is 0.532. The molecule has 2 rings (SSSR count). The molecule has 0 aliphatic heterocycles. The average molecular weight is 403 g/mol. The fraction of sp³-hybridized carbons (Fsp3) is 0.263. The number of carbonyl (C=O) groups excluding carboxylic acids is 3. The van der Waals surface area contributed by atoms with Crippen LogP contribution in [-0.4, -0.2) is 61.2 Å². The molecular weight excluding hydrogens is 382 g/mol. The van der Waals surface area contributed by atoms with Gasteiger partial charge in [-0.1, -0.05) is 6.07 Å². The number of benzene rings is 1. The zero-order chi connectivity index (χ0) is 20.5. The van der Waals surface area contributed by atoms with E-state index in [4.69, 9.17) is 9.47 Å². The van der Waals surface area contributed by atoms with Gasteiger partial charge in [0.2, 0.25) is 5.91 Å². The van der Waals surface area contributed by atoms with Crippen LogP contribution in [0.4, 0.5) is 5.69 Å². The minimum absolute atomic E-state index is 0.184. The molecule has 28 heavy (non-hydrogen) atoms. The Balaban J connectivity index is 1.85. The summed E-state index contributed by atoms with van der Waals surface area (Å²) < 4.78 is 10.1. The van der Waals surface area contributed by atoms with Crippen molar-refractivity contribution >= 4 is 35.2 Å². The molecule has 0 spiro atoms. The number of methoxy groups -OCH3 is 1. The molecule has 0 atom stereocenters. The zero-order valence-electron chi connectivity index (χ0n) is 15.8. The van der Waals surface area contributed by atoms with E-state index >= 15 is 0 Å². The van der Waals surface area contributed by atoms with E-state index in [-0.39, 0.29) is 12.5 Å². The van der Waals surface area contributed by atoms with E-state index in [0.29, 0.717) is 22.0 Å². The summed E-state index contributed by atoms with van der Waals surface area (Å²) in [5.74, 6) is -0.912. The van der Waals surface area contributed by atoms with Gasteiger partial charge in [0.05, 0.1) is 19.2 Å². The van der Waals surface area contributed by atoms with Crippen LogP contribution < -0.4 is 10.1 Å². The van der Waals surface area contributed by atoms with Crippen LogP contribution in [0.25, 0.3) is 0 Å². The molecule has 2 amide bonds. The van der Waals surface area contributed by atoms with E-state index < -0.39 is 18.5 Å². The molecular formula is C19H21N3O5S. The van der Waals surface area contributed by atoms with E-state index in [1.807, 2.05) is 0 Å². The maximum absolute atomic E-state index is 12.1. The van der Waals surface area contributed by atoms with Crippen molar-refractivity contribution in [1.29, 1.82) is 0 Å². The first-order valence-electron chi connectivity index (χ1n) is 8.28. The fourth-order valence-electron chi connectivity index (χ4n) is 2.23. The lowest BCUT2D eigenvalue weighted by atomic mass is 10.3. The number of ether oxygens (including phenoxy) is 2. The van der Waals surface area contributed by atoms with Crippen molar-refractivity contribution < 1.29 is 23.9 Å². The van der Waals surface area contributed by atoms with Gasteiger partial charge in [-0.05, 0) is 30.5 Å². The minimum Gasteiger partial charge on any atom is -0.497 e. The topological polar surface area (TPSA) is 97.8 Å². The maximum Gasteiger partial charge on any atom is 0.341 e. The Kier molecular flexibility index (Phi) is 7.82. The third kappa shape index (κ3) is 5.98. The largest absolute Gasteiger partial charge is 0.497 e. The molecule has 0 bridgehead atoms. The second-order valence-electron chi connectivity index (χ2n) is 5.67. The van der Waals surface area contributed by atoms with Crippen LogP contribution >= 0.6 is 11.8 Å². The number of carbonyl (C=O) groups is 3. The number of pyridine rings is 1. The normalized spacial score (nSPS) is 10.1. The summed E-state index contributed by atoms with van der Waals surface area (Å²) in [6.07, 6.45) is 3.36. The number of likely N-dealkylation sites (N-methyl/N-ethyl adjacent to an activating group) is 1. The van der Waals surface area contributed by atoms with E-state index in [2.05, 4.69) is 10.3 Å². The lowest BCUT2D eigenvalue weighted by Crippen LogP contribution is -2.37. The van der Waals surface area contributed by atoms with Crippen molar-refractivity contribution in [1.82, 2.24) is 9.88 Å². The number of hydrogen-bond acceptors (Lipinski definition) is 7. The molecule has 0 saturated carbocycles. The summed E-state index contributed by atoms with van der Waals surface area (Å²) in [5.41, 5.74) is 0.846. The second kappa shape index (κ2) is 10.3. The first-order chi connectivity index (χ1) is 13.4. The number of rotatable bonds is 8. The second-order valence-corrected chi connectivity index (χ2v) is 6.46. The third-order valence-corrected chi connectivity index (χ3v) is 4.38. The summed E-state index contributed by atoms with van der Waals surface area (Å²) >= 11 is 1.31. The van der Waals surface area contributed by atoms with Gasteiger partial charge in [0.1, 0.15) is 10.8 Å². The van der Waals surface area contributed by atoms with E-state index in [0.717, 1.165) is 0 Å². The predicted octanol–water partition coefficient (Wildman–Crippen LogP) is 2.07. The van der Waals surface area contributed by atoms with Gasteiger partial charge in [-0.25, -0.2) is 9.78 Å². The minimum atomic E-state index is -0.639. The molecule has 1 heterocycles. The number of aromatic nitrogens is 1. The number of anilines is 1. The summed E-state index contributed by atoms with van der Waals surface area (Å²) in [6.45, 7) is -0.652. The van der Waals surface area contributed by atoms with Crippen LogP contribution in [-0.2, 0) is 14.3 Å². The van der Waals surface area contributed by atoms with Gasteiger partial charge in [0.25, 0.3) is 5.91 Å². The molecule has 8 nitrogen and oxygen atoms in total. The van der Waals surface area contributed by atoms with Crippen LogP contribution in [0.1, 0.15) is 10.4 Å². The Morgan fingerprint density at radius 2 is 2.00 bits per heavy atom. The molecule has 0 saturated heterocycles. The zero-order valence-corrected chi connectivity index (χ0v) is 16.6. The Labute approximate surface area is 167 Å². The standard InChI is InChI=1S/C19H21N3O5S/c1-22(11-16(23)21-13-6-4-7-14(10-13)26-2)17(24)12-27-19(25)15-8-5-9-20-18(15)28-3/h4-10H,11-12H2,1-3H3,(H,21,23). The number of amides is 2. The summed E-state index contributed by atoms with van der Waals surface area (Å²) in [6, 6.07) is 10.1. The summed E-state index contributed by atoms with van der Waals surface area (Å²) in [4.78, 5) is 41.7. The number of hydrogen-bond donors (Lipinski definition) is 1. The molecule has 148 valence electrons. The Bertz CT molecular complexity index is 859. The van der Waals surface area contributed by atoms with Crippen molar-refractivity contribution in [3.63, 3.8) is 0 Å². The monoisotopic (exact) mass is 403 g/mol. The molecule has 0 aliphatic carbocycles. The highest BCUT2D eigenvalue weighted by atomic mass is 32.2. The van der Waals surface area contributed by atoms with E-state index in [1.165, 1.54) is 30.8 Å². The van der Waals surface area contributed by atoms with Crippen molar-refractivity contribution in [3.05, 3.63) is 48.2 Å². The number of thioether (sulfide) groups is 1. The van der Waals surface area contributed by atoms with Gasteiger partial charge >= 0.3 is 5.97 Å². The van der Waals surface area contributed by atoms with Gasteiger partial charge in [-0.15, -0.1) is 11.8 Å². The van der Waals surface area contributed by atoms with Crippen LogP contribution in [0.2, 0.25) is 0 Å². The van der Waals surface area contributed by atoms with E-state index in [1.54, 1.807) is 48.9 Å². The first kappa shape index (κ1) is 21.2. The Morgan fingerprint density at radius 1 is 1.21 bits per heavy atom. The molecule has 0 unspecified atom stereocenters. The Morgan fingerprint density at radius 3 is 2.71 bits per heavy atom. The molecule has 1 N–H and O–H groups in total. The molecule has 0 aliphatic rings. The third-order valence-electron chi connectivity index (χ3n) is 3.67. The fourth-order valence-corrected chi connectivity index (χ4v) is 2.77. The summed E-state index contributed by atoms with van der Waals surface area (Å²) in [7, 11) is 2.99. The van der Waals surface area contributed by atoms with Crippen molar-refractivity contribution in [2.24, 2.45) is 0 Å². The Hall–Kier alpha value is -3.07. The molecule has 9 heteroatoms. The summed E-state index contributed by atoms with van der Waals surface area (Å²) in [5, 5.41) is 3.20. The predicted molar refractivity (Wildman–Crippen MR) is 106 cm³/mol. The van der Waals surface area contributed by atoms with Crippen LogP contribution in [0.3, 0.4) is 0 Å². The molecule has 0 fully saturated rings. The number of nitrogens with one attached hydrogen (secondary N) is 1. The number of nitrogens with zero attached hydrogens (tertiary/aromatic N) is 2. The van der Waals surface area contributed by atoms with Gasteiger partial charge in [-0.2, -0.15) is 0 Å². The lowest BCUT2D eigenvalue weighted by molar-refractivity contribution is -0.136. The highest BCUT2D eigenvalue weighted by molar-refractivity contribution is 7.98. The van der Waals surface area contributed by atoms with Crippen LogP contribution in [0, 0.1) is 0 Å². The maximum atomic E-state index is 12.1. The molecule has 2 aromatic rings. The van der Waals surface area contributed by atoms with Gasteiger partial charge in [0, 0.05) is 25.0 Å². The highest BCUT2D eigenvalue weighted by Gasteiger charge is 2.18. The van der Waals surface area contributed by atoms with Crippen LogP contribution in [0.15, 0.2) is 47.6 Å². The van der Waals surface area contributed by atoms with Gasteiger partial charge in [-0.3, -0.25) is 9.59 Å². The highest BCUT2D eigenvalue weighted by Crippen LogP contribution is 2.18. The molecule has 0 radical (unpaired) electrons. The first-order valence-corrected chi connectivity index (χ1v) is 9.51. The number of esters is 1. The van der Waals surface area contributed by atoms with Crippen molar-refractivity contribution in [2.75, 3.05) is 38.9 Å². The average Bonchev–Trinajstić information content (AvgIpc) is 2.71. The molecule has 1 aromatic heterocycles. The van der Waals surface area contributed by atoms with Gasteiger partial charge < -0.3 is 19.7 Å². The lowest BCUT2D eigenvalue weighted by Gasteiger charge is -2.17. The van der Waals surface area contributed by atoms with Gasteiger partial charge in [0.15, 0.2) is 6.61 Å². The van der Waals surface area contributed by atoms with Crippen LogP contribution in [0.5, 0.6) is 5.75 Å². The molecule has 1 aromatic carbocycles. The van der Waals surface area contributed by atoms with E-state index in [9.17, 15) is 14.4 Å². The SMILES string of the molecule is COc1cccc(NC(=O)CN(C)C(=O)COC(=O)c2cccnc2SC)c1. The smallest absolute Gasteiger partial charge is 0.341 e.